The van der Waals surface area contributed by atoms with Gasteiger partial charge < -0.3 is 5.32 Å². The molecule has 0 spiro atoms. The summed E-state index contributed by atoms with van der Waals surface area (Å²) in [7, 11) is 0. The van der Waals surface area contributed by atoms with Gasteiger partial charge in [-0.05, 0) is 43.9 Å². The Morgan fingerprint density at radius 1 is 1.20 bits per heavy atom. The van der Waals surface area contributed by atoms with Crippen molar-refractivity contribution in [2.24, 2.45) is 5.92 Å². The van der Waals surface area contributed by atoms with Gasteiger partial charge in [0.05, 0.1) is 5.56 Å². The summed E-state index contributed by atoms with van der Waals surface area (Å²) in [6.45, 7) is 7.24. The fourth-order valence-electron chi connectivity index (χ4n) is 2.39. The topological polar surface area (TPSA) is 12.0 Å². The summed E-state index contributed by atoms with van der Waals surface area (Å²) in [4.78, 5) is 0. The number of rotatable bonds is 7. The van der Waals surface area contributed by atoms with Crippen molar-refractivity contribution in [1.29, 1.82) is 0 Å². The van der Waals surface area contributed by atoms with Crippen LogP contribution in [0.3, 0.4) is 0 Å². The largest absolute Gasteiger partial charge is 0.416 e. The van der Waals surface area contributed by atoms with Gasteiger partial charge in [-0.25, -0.2) is 0 Å². The molecule has 0 amide bonds. The van der Waals surface area contributed by atoms with Gasteiger partial charge in [0.15, 0.2) is 0 Å². The van der Waals surface area contributed by atoms with Gasteiger partial charge in [-0.2, -0.15) is 13.2 Å². The number of alkyl halides is 3. The molecule has 114 valence electrons. The molecule has 0 radical (unpaired) electrons. The van der Waals surface area contributed by atoms with Gasteiger partial charge in [0, 0.05) is 6.04 Å². The minimum atomic E-state index is -4.26. The predicted molar refractivity (Wildman–Crippen MR) is 76.7 cm³/mol. The van der Waals surface area contributed by atoms with Gasteiger partial charge in [0.1, 0.15) is 0 Å². The second-order valence-corrected chi connectivity index (χ2v) is 5.31. The van der Waals surface area contributed by atoms with Crippen LogP contribution < -0.4 is 5.32 Å². The third kappa shape index (κ3) is 5.16. The lowest BCUT2D eigenvalue weighted by Gasteiger charge is -2.24. The Kier molecular flexibility index (Phi) is 6.53. The summed E-state index contributed by atoms with van der Waals surface area (Å²) < 4.78 is 38.1. The van der Waals surface area contributed by atoms with E-state index in [9.17, 15) is 13.2 Å². The highest BCUT2D eigenvalue weighted by Crippen LogP contribution is 2.30. The van der Waals surface area contributed by atoms with Crippen LogP contribution in [-0.4, -0.2) is 12.6 Å². The zero-order valence-corrected chi connectivity index (χ0v) is 12.4. The standard InChI is InChI=1S/C16H24F3N/c1-4-9-20-12(3)14(5-2)10-13-7-6-8-15(11-13)16(17,18)19/h6-8,11-12,14,20H,4-5,9-10H2,1-3H3. The molecule has 0 heterocycles. The molecule has 1 rings (SSSR count). The van der Waals surface area contributed by atoms with Crippen molar-refractivity contribution in [1.82, 2.24) is 5.32 Å². The number of hydrogen-bond donors (Lipinski definition) is 1. The third-order valence-electron chi connectivity index (χ3n) is 3.70. The molecular weight excluding hydrogens is 263 g/mol. The molecule has 0 bridgehead atoms. The first-order chi connectivity index (χ1) is 9.38. The molecule has 0 aromatic heterocycles. The molecule has 0 aliphatic carbocycles. The fourth-order valence-corrected chi connectivity index (χ4v) is 2.39. The van der Waals surface area contributed by atoms with Crippen molar-refractivity contribution >= 4 is 0 Å². The molecule has 4 heteroatoms. The van der Waals surface area contributed by atoms with E-state index in [4.69, 9.17) is 0 Å². The number of nitrogens with one attached hydrogen (secondary N) is 1. The Morgan fingerprint density at radius 2 is 1.90 bits per heavy atom. The van der Waals surface area contributed by atoms with E-state index in [0.29, 0.717) is 18.4 Å². The van der Waals surface area contributed by atoms with Crippen LogP contribution >= 0.6 is 0 Å². The van der Waals surface area contributed by atoms with E-state index in [-0.39, 0.29) is 0 Å². The van der Waals surface area contributed by atoms with Gasteiger partial charge in [0.25, 0.3) is 0 Å². The molecule has 20 heavy (non-hydrogen) atoms. The Bertz CT molecular complexity index is 401. The van der Waals surface area contributed by atoms with E-state index in [2.05, 4.69) is 26.1 Å². The molecule has 1 nitrogen and oxygen atoms in total. The lowest BCUT2D eigenvalue weighted by Crippen LogP contribution is -2.34. The summed E-state index contributed by atoms with van der Waals surface area (Å²) in [5.74, 6) is 0.352. The molecule has 0 saturated carbocycles. The van der Waals surface area contributed by atoms with Crippen LogP contribution in [-0.2, 0) is 12.6 Å². The lowest BCUT2D eigenvalue weighted by molar-refractivity contribution is -0.137. The van der Waals surface area contributed by atoms with Crippen LogP contribution in [0.15, 0.2) is 24.3 Å². The van der Waals surface area contributed by atoms with Gasteiger partial charge >= 0.3 is 6.18 Å². The van der Waals surface area contributed by atoms with Crippen LogP contribution in [0.25, 0.3) is 0 Å². The van der Waals surface area contributed by atoms with Gasteiger partial charge in [-0.1, -0.05) is 38.5 Å². The minimum absolute atomic E-state index is 0.314. The predicted octanol–water partition coefficient (Wildman–Crippen LogP) is 4.66. The third-order valence-corrected chi connectivity index (χ3v) is 3.70. The zero-order chi connectivity index (χ0) is 15.2. The highest BCUT2D eigenvalue weighted by Gasteiger charge is 2.30. The first kappa shape index (κ1) is 17.0. The first-order valence-electron chi connectivity index (χ1n) is 7.28. The van der Waals surface area contributed by atoms with Crippen molar-refractivity contribution in [3.8, 4) is 0 Å². The molecule has 1 N–H and O–H groups in total. The van der Waals surface area contributed by atoms with Crippen LogP contribution in [0.1, 0.15) is 44.7 Å². The van der Waals surface area contributed by atoms with Crippen LogP contribution in [0.4, 0.5) is 13.2 Å². The smallest absolute Gasteiger partial charge is 0.314 e. The van der Waals surface area contributed by atoms with Crippen molar-refractivity contribution in [2.75, 3.05) is 6.54 Å². The van der Waals surface area contributed by atoms with Gasteiger partial charge in [0.2, 0.25) is 0 Å². The molecule has 1 aromatic carbocycles. The normalized spacial score (nSPS) is 15.1. The van der Waals surface area contributed by atoms with E-state index in [1.165, 1.54) is 12.1 Å². The second kappa shape index (κ2) is 7.67. The van der Waals surface area contributed by atoms with Crippen molar-refractivity contribution in [3.05, 3.63) is 35.4 Å². The molecule has 0 aliphatic heterocycles. The summed E-state index contributed by atoms with van der Waals surface area (Å²) in [5, 5.41) is 3.43. The minimum Gasteiger partial charge on any atom is -0.314 e. The number of benzene rings is 1. The zero-order valence-electron chi connectivity index (χ0n) is 12.4. The van der Waals surface area contributed by atoms with Crippen LogP contribution in [0, 0.1) is 5.92 Å². The van der Waals surface area contributed by atoms with Crippen molar-refractivity contribution in [2.45, 2.75) is 52.3 Å². The highest BCUT2D eigenvalue weighted by molar-refractivity contribution is 5.26. The Hall–Kier alpha value is -1.03. The highest BCUT2D eigenvalue weighted by atomic mass is 19.4. The maximum Gasteiger partial charge on any atom is 0.416 e. The van der Waals surface area contributed by atoms with E-state index in [0.717, 1.165) is 31.0 Å². The van der Waals surface area contributed by atoms with E-state index in [1.54, 1.807) is 6.07 Å². The number of halogens is 3. The summed E-state index contributed by atoms with van der Waals surface area (Å²) in [5.41, 5.74) is 0.204. The van der Waals surface area contributed by atoms with E-state index >= 15 is 0 Å². The Labute approximate surface area is 119 Å². The average molecular weight is 287 g/mol. The van der Waals surface area contributed by atoms with Gasteiger partial charge in [-0.3, -0.25) is 0 Å². The molecule has 2 atom stereocenters. The molecule has 0 fully saturated rings. The van der Waals surface area contributed by atoms with Gasteiger partial charge in [-0.15, -0.1) is 0 Å². The maximum atomic E-state index is 12.7. The van der Waals surface area contributed by atoms with Crippen molar-refractivity contribution < 1.29 is 13.2 Å². The maximum absolute atomic E-state index is 12.7. The van der Waals surface area contributed by atoms with E-state index < -0.39 is 11.7 Å². The van der Waals surface area contributed by atoms with Crippen LogP contribution in [0.5, 0.6) is 0 Å². The Balaban J connectivity index is 2.75. The molecule has 0 saturated heterocycles. The fraction of sp³-hybridized carbons (Fsp3) is 0.625. The lowest BCUT2D eigenvalue weighted by atomic mass is 9.90. The molecular formula is C16H24F3N. The number of hydrogen-bond acceptors (Lipinski definition) is 1. The molecule has 2 unspecified atom stereocenters. The quantitative estimate of drug-likeness (QED) is 0.769. The van der Waals surface area contributed by atoms with E-state index in [1.807, 2.05) is 0 Å². The monoisotopic (exact) mass is 287 g/mol. The van der Waals surface area contributed by atoms with Crippen molar-refractivity contribution in [3.63, 3.8) is 0 Å². The second-order valence-electron chi connectivity index (χ2n) is 5.31. The average Bonchev–Trinajstić information content (AvgIpc) is 2.41. The van der Waals surface area contributed by atoms with Crippen LogP contribution in [0.2, 0.25) is 0 Å². The summed E-state index contributed by atoms with van der Waals surface area (Å²) in [6.07, 6.45) is -1.57. The first-order valence-corrected chi connectivity index (χ1v) is 7.28. The summed E-state index contributed by atoms with van der Waals surface area (Å²) in [6, 6.07) is 5.99. The SMILES string of the molecule is CCCNC(C)C(CC)Cc1cccc(C(F)(F)F)c1. The molecule has 1 aromatic rings. The summed E-state index contributed by atoms with van der Waals surface area (Å²) >= 11 is 0. The molecule has 0 aliphatic rings. The Morgan fingerprint density at radius 3 is 2.45 bits per heavy atom.